The standard InChI is InChI=1S/C8H7F2O2P/c9-7-3-1-2-6(4-7)8-5-11-13(10)12-8/h1-4,8H,5H2. The zero-order chi connectivity index (χ0) is 9.26. The Labute approximate surface area is 75.5 Å². The minimum atomic E-state index is -2.26. The van der Waals surface area contributed by atoms with E-state index in [1.807, 2.05) is 0 Å². The van der Waals surface area contributed by atoms with E-state index in [-0.39, 0.29) is 12.4 Å². The highest BCUT2D eigenvalue weighted by Gasteiger charge is 2.28. The fourth-order valence-corrected chi connectivity index (χ4v) is 1.85. The van der Waals surface area contributed by atoms with Crippen LogP contribution in [0.4, 0.5) is 8.59 Å². The van der Waals surface area contributed by atoms with E-state index in [0.717, 1.165) is 0 Å². The topological polar surface area (TPSA) is 18.5 Å². The lowest BCUT2D eigenvalue weighted by Crippen LogP contribution is -1.99. The molecule has 0 aliphatic carbocycles. The minimum absolute atomic E-state index is 0.158. The molecule has 0 aromatic heterocycles. The van der Waals surface area contributed by atoms with Crippen molar-refractivity contribution in [2.24, 2.45) is 0 Å². The van der Waals surface area contributed by atoms with Gasteiger partial charge in [0.1, 0.15) is 11.9 Å². The average molecular weight is 204 g/mol. The lowest BCUT2D eigenvalue weighted by atomic mass is 10.1. The van der Waals surface area contributed by atoms with Gasteiger partial charge in [0, 0.05) is 0 Å². The number of hydrogen-bond donors (Lipinski definition) is 0. The molecule has 1 aliphatic rings. The Hall–Kier alpha value is -0.570. The highest BCUT2D eigenvalue weighted by Crippen LogP contribution is 2.51. The van der Waals surface area contributed by atoms with Crippen LogP contribution in [0.1, 0.15) is 11.7 Å². The van der Waals surface area contributed by atoms with Crippen molar-refractivity contribution in [2.45, 2.75) is 6.10 Å². The third-order valence-electron chi connectivity index (χ3n) is 1.76. The summed E-state index contributed by atoms with van der Waals surface area (Å²) in [6, 6.07) is 5.90. The molecule has 70 valence electrons. The molecule has 2 atom stereocenters. The molecule has 0 spiro atoms. The van der Waals surface area contributed by atoms with Gasteiger partial charge in [0.15, 0.2) is 0 Å². The van der Waals surface area contributed by atoms with Crippen LogP contribution in [-0.2, 0) is 9.05 Å². The summed E-state index contributed by atoms with van der Waals surface area (Å²) < 4.78 is 34.6. The van der Waals surface area contributed by atoms with E-state index >= 15 is 0 Å². The highest BCUT2D eigenvalue weighted by atomic mass is 31.2. The summed E-state index contributed by atoms with van der Waals surface area (Å²) in [6.45, 7) is 0.158. The van der Waals surface area contributed by atoms with Gasteiger partial charge in [-0.15, -0.1) is 0 Å². The van der Waals surface area contributed by atoms with Crippen molar-refractivity contribution in [3.63, 3.8) is 0 Å². The first-order valence-electron chi connectivity index (χ1n) is 3.77. The third kappa shape index (κ3) is 2.02. The lowest BCUT2D eigenvalue weighted by Gasteiger charge is -2.06. The van der Waals surface area contributed by atoms with Crippen LogP contribution >= 0.6 is 8.69 Å². The molecule has 1 aromatic rings. The van der Waals surface area contributed by atoms with Crippen LogP contribution in [0.15, 0.2) is 24.3 Å². The molecular weight excluding hydrogens is 197 g/mol. The molecule has 13 heavy (non-hydrogen) atoms. The summed E-state index contributed by atoms with van der Waals surface area (Å²) >= 11 is 0. The van der Waals surface area contributed by atoms with E-state index in [1.165, 1.54) is 12.1 Å². The normalized spacial score (nSPS) is 27.8. The van der Waals surface area contributed by atoms with Gasteiger partial charge in [0.05, 0.1) is 6.61 Å². The maximum atomic E-state index is 12.7. The molecule has 5 heteroatoms. The Balaban J connectivity index is 2.16. The molecule has 0 saturated carbocycles. The first kappa shape index (κ1) is 9.00. The fraction of sp³-hybridized carbons (Fsp3) is 0.250. The first-order valence-corrected chi connectivity index (χ1v) is 4.83. The number of benzene rings is 1. The summed E-state index contributed by atoms with van der Waals surface area (Å²) in [5.41, 5.74) is 0.614. The molecule has 0 bridgehead atoms. The Kier molecular flexibility index (Phi) is 2.54. The predicted octanol–water partition coefficient (Wildman–Crippen LogP) is 3.11. The van der Waals surface area contributed by atoms with Gasteiger partial charge in [-0.25, -0.2) is 4.39 Å². The van der Waals surface area contributed by atoms with Crippen LogP contribution in [0, 0.1) is 5.82 Å². The molecule has 1 saturated heterocycles. The fourth-order valence-electron chi connectivity index (χ4n) is 1.15. The van der Waals surface area contributed by atoms with Crippen molar-refractivity contribution in [3.05, 3.63) is 35.6 Å². The summed E-state index contributed by atoms with van der Waals surface area (Å²) in [6.07, 6.45) is -0.466. The maximum Gasteiger partial charge on any atom is 0.375 e. The van der Waals surface area contributed by atoms with E-state index in [1.54, 1.807) is 12.1 Å². The third-order valence-corrected chi connectivity index (χ3v) is 2.53. The molecule has 0 amide bonds. The van der Waals surface area contributed by atoms with Gasteiger partial charge in [-0.2, -0.15) is 4.20 Å². The van der Waals surface area contributed by atoms with Gasteiger partial charge in [-0.1, -0.05) is 12.1 Å². The summed E-state index contributed by atoms with van der Waals surface area (Å²) in [7, 11) is -2.26. The van der Waals surface area contributed by atoms with Gasteiger partial charge in [-0.3, -0.25) is 4.52 Å². The van der Waals surface area contributed by atoms with Crippen LogP contribution in [0.3, 0.4) is 0 Å². The van der Waals surface area contributed by atoms with Crippen molar-refractivity contribution < 1.29 is 17.6 Å². The molecule has 2 rings (SSSR count). The molecule has 1 aliphatic heterocycles. The van der Waals surface area contributed by atoms with Crippen molar-refractivity contribution in [3.8, 4) is 0 Å². The number of rotatable bonds is 1. The van der Waals surface area contributed by atoms with Crippen LogP contribution < -0.4 is 0 Å². The molecule has 2 unspecified atom stereocenters. The zero-order valence-electron chi connectivity index (χ0n) is 6.61. The van der Waals surface area contributed by atoms with Crippen LogP contribution in [0.25, 0.3) is 0 Å². The Morgan fingerprint density at radius 1 is 1.46 bits per heavy atom. The number of hydrogen-bond acceptors (Lipinski definition) is 2. The Morgan fingerprint density at radius 2 is 2.31 bits per heavy atom. The minimum Gasteiger partial charge on any atom is -0.306 e. The van der Waals surface area contributed by atoms with Crippen molar-refractivity contribution >= 4 is 8.69 Å². The van der Waals surface area contributed by atoms with Crippen molar-refractivity contribution in [2.75, 3.05) is 6.61 Å². The van der Waals surface area contributed by atoms with E-state index < -0.39 is 14.8 Å². The molecule has 0 radical (unpaired) electrons. The van der Waals surface area contributed by atoms with Crippen LogP contribution in [0.2, 0.25) is 0 Å². The molecule has 1 aromatic carbocycles. The highest BCUT2D eigenvalue weighted by molar-refractivity contribution is 7.41. The smallest absolute Gasteiger partial charge is 0.306 e. The maximum absolute atomic E-state index is 12.7. The molecule has 1 heterocycles. The monoisotopic (exact) mass is 204 g/mol. The van der Waals surface area contributed by atoms with Crippen molar-refractivity contribution in [1.82, 2.24) is 0 Å². The van der Waals surface area contributed by atoms with Gasteiger partial charge in [-0.05, 0) is 17.7 Å². The summed E-state index contributed by atoms with van der Waals surface area (Å²) in [4.78, 5) is 0. The zero-order valence-corrected chi connectivity index (χ0v) is 7.51. The Bertz CT molecular complexity index is 308. The lowest BCUT2D eigenvalue weighted by molar-refractivity contribution is 0.242. The van der Waals surface area contributed by atoms with Crippen LogP contribution in [-0.4, -0.2) is 6.61 Å². The quantitative estimate of drug-likeness (QED) is 0.654. The Morgan fingerprint density at radius 3 is 2.92 bits per heavy atom. The first-order chi connectivity index (χ1) is 6.25. The van der Waals surface area contributed by atoms with Gasteiger partial charge < -0.3 is 4.52 Å². The summed E-state index contributed by atoms with van der Waals surface area (Å²) in [5, 5.41) is 0. The van der Waals surface area contributed by atoms with Crippen LogP contribution in [0.5, 0.6) is 0 Å². The molecule has 0 N–H and O–H groups in total. The predicted molar refractivity (Wildman–Crippen MR) is 44.2 cm³/mol. The second kappa shape index (κ2) is 3.66. The van der Waals surface area contributed by atoms with Gasteiger partial charge in [0.2, 0.25) is 0 Å². The molecule has 1 fully saturated rings. The van der Waals surface area contributed by atoms with E-state index in [9.17, 15) is 8.59 Å². The number of halogens is 2. The van der Waals surface area contributed by atoms with E-state index in [4.69, 9.17) is 4.52 Å². The second-order valence-corrected chi connectivity index (χ2v) is 3.55. The van der Waals surface area contributed by atoms with Gasteiger partial charge in [0.25, 0.3) is 0 Å². The largest absolute Gasteiger partial charge is 0.375 e. The second-order valence-electron chi connectivity index (χ2n) is 2.66. The SMILES string of the molecule is Fc1cccc(C2COP(F)O2)c1. The molecule has 2 nitrogen and oxygen atoms in total. The van der Waals surface area contributed by atoms with E-state index in [2.05, 4.69) is 4.52 Å². The van der Waals surface area contributed by atoms with Gasteiger partial charge >= 0.3 is 8.69 Å². The summed E-state index contributed by atoms with van der Waals surface area (Å²) in [5.74, 6) is -0.351. The molecular formula is C8H7F2O2P. The van der Waals surface area contributed by atoms with E-state index in [0.29, 0.717) is 5.56 Å². The van der Waals surface area contributed by atoms with Crippen molar-refractivity contribution in [1.29, 1.82) is 0 Å². The average Bonchev–Trinajstić information content (AvgIpc) is 2.52.